The smallest absolute Gasteiger partial charge is 0.0936 e. The minimum Gasteiger partial charge on any atom is -0.394 e. The third-order valence-electron chi connectivity index (χ3n) is 5.31. The first-order chi connectivity index (χ1) is 9.71. The quantitative estimate of drug-likeness (QED) is 0.841. The Labute approximate surface area is 122 Å². The van der Waals surface area contributed by atoms with E-state index in [1.54, 1.807) is 0 Å². The molecule has 1 aliphatic carbocycles. The highest BCUT2D eigenvalue weighted by Gasteiger charge is 2.41. The first kappa shape index (κ1) is 14.8. The van der Waals surface area contributed by atoms with Crippen LogP contribution in [0, 0.1) is 0 Å². The molecule has 3 unspecified atom stereocenters. The van der Waals surface area contributed by atoms with E-state index in [-0.39, 0.29) is 24.4 Å². The molecule has 20 heavy (non-hydrogen) atoms. The molecular formula is C16H29NO3. The van der Waals surface area contributed by atoms with E-state index in [0.29, 0.717) is 6.04 Å². The van der Waals surface area contributed by atoms with Crippen LogP contribution in [0.25, 0.3) is 0 Å². The van der Waals surface area contributed by atoms with Gasteiger partial charge in [0.15, 0.2) is 0 Å². The standard InChI is InChI=1S/C16H29NO3/c1-13-10-17(11-15(12-18)20-13)14-5-8-19-16(9-14)6-3-2-4-7-16/h13-15,18H,2-12H2,1H3. The fraction of sp³-hybridized carbons (Fsp3) is 1.00. The lowest BCUT2D eigenvalue weighted by Gasteiger charge is -2.49. The van der Waals surface area contributed by atoms with Gasteiger partial charge < -0.3 is 14.6 Å². The summed E-state index contributed by atoms with van der Waals surface area (Å²) in [5.41, 5.74) is 0.164. The number of rotatable bonds is 2. The number of aliphatic hydroxyl groups is 1. The maximum Gasteiger partial charge on any atom is 0.0936 e. The molecule has 0 aromatic carbocycles. The van der Waals surface area contributed by atoms with E-state index in [4.69, 9.17) is 9.47 Å². The van der Waals surface area contributed by atoms with Crippen LogP contribution in [0.5, 0.6) is 0 Å². The highest BCUT2D eigenvalue weighted by Crippen LogP contribution is 2.40. The van der Waals surface area contributed by atoms with Gasteiger partial charge in [-0.3, -0.25) is 4.90 Å². The predicted octanol–water partition coefficient (Wildman–Crippen LogP) is 1.95. The van der Waals surface area contributed by atoms with Crippen LogP contribution in [0.4, 0.5) is 0 Å². The van der Waals surface area contributed by atoms with Crippen LogP contribution < -0.4 is 0 Å². The van der Waals surface area contributed by atoms with E-state index < -0.39 is 0 Å². The van der Waals surface area contributed by atoms with Gasteiger partial charge in [0.2, 0.25) is 0 Å². The molecule has 3 atom stereocenters. The molecule has 116 valence electrons. The molecule has 0 bridgehead atoms. The Morgan fingerprint density at radius 1 is 1.20 bits per heavy atom. The summed E-state index contributed by atoms with van der Waals surface area (Å²) in [4.78, 5) is 2.55. The Hall–Kier alpha value is -0.160. The van der Waals surface area contributed by atoms with Gasteiger partial charge in [-0.05, 0) is 32.6 Å². The summed E-state index contributed by atoms with van der Waals surface area (Å²) in [6, 6.07) is 0.613. The van der Waals surface area contributed by atoms with Crippen molar-refractivity contribution in [1.82, 2.24) is 4.90 Å². The van der Waals surface area contributed by atoms with Crippen molar-refractivity contribution in [3.05, 3.63) is 0 Å². The molecule has 3 aliphatic rings. The Morgan fingerprint density at radius 2 is 2.00 bits per heavy atom. The lowest BCUT2D eigenvalue weighted by Crippen LogP contribution is -2.56. The van der Waals surface area contributed by atoms with Gasteiger partial charge in [-0.1, -0.05) is 19.3 Å². The molecule has 2 aliphatic heterocycles. The maximum absolute atomic E-state index is 9.39. The fourth-order valence-electron chi connectivity index (χ4n) is 4.34. The van der Waals surface area contributed by atoms with E-state index >= 15 is 0 Å². The van der Waals surface area contributed by atoms with Crippen molar-refractivity contribution >= 4 is 0 Å². The Morgan fingerprint density at radius 3 is 2.75 bits per heavy atom. The van der Waals surface area contributed by atoms with Gasteiger partial charge in [0.05, 0.1) is 24.4 Å². The molecule has 0 amide bonds. The van der Waals surface area contributed by atoms with E-state index in [0.717, 1.165) is 26.1 Å². The predicted molar refractivity (Wildman–Crippen MR) is 77.8 cm³/mol. The summed E-state index contributed by atoms with van der Waals surface area (Å²) in [6.07, 6.45) is 9.04. The van der Waals surface area contributed by atoms with Gasteiger partial charge in [0.25, 0.3) is 0 Å². The van der Waals surface area contributed by atoms with Crippen LogP contribution in [-0.4, -0.2) is 60.2 Å². The number of aliphatic hydroxyl groups excluding tert-OH is 1. The van der Waals surface area contributed by atoms with Crippen LogP contribution in [-0.2, 0) is 9.47 Å². The minimum absolute atomic E-state index is 0.0103. The zero-order valence-electron chi connectivity index (χ0n) is 12.7. The molecule has 3 fully saturated rings. The normalized spacial score (nSPS) is 39.0. The molecule has 2 heterocycles. The molecule has 0 aromatic rings. The molecule has 4 heteroatoms. The molecule has 1 spiro atoms. The SMILES string of the molecule is CC1CN(C2CCOC3(CCCCC3)C2)CC(CO)O1. The zero-order valence-corrected chi connectivity index (χ0v) is 12.7. The van der Waals surface area contributed by atoms with Gasteiger partial charge in [0.1, 0.15) is 0 Å². The second-order valence-corrected chi connectivity index (χ2v) is 6.94. The third kappa shape index (κ3) is 3.19. The summed E-state index contributed by atoms with van der Waals surface area (Å²) in [5, 5.41) is 9.39. The lowest BCUT2D eigenvalue weighted by atomic mass is 9.78. The summed E-state index contributed by atoms with van der Waals surface area (Å²) in [5.74, 6) is 0. The van der Waals surface area contributed by atoms with Crippen LogP contribution >= 0.6 is 0 Å². The van der Waals surface area contributed by atoms with Crippen molar-refractivity contribution in [2.24, 2.45) is 0 Å². The second-order valence-electron chi connectivity index (χ2n) is 6.94. The summed E-state index contributed by atoms with van der Waals surface area (Å²) in [6.45, 7) is 5.03. The van der Waals surface area contributed by atoms with Crippen LogP contribution in [0.1, 0.15) is 51.9 Å². The van der Waals surface area contributed by atoms with Gasteiger partial charge in [-0.2, -0.15) is 0 Å². The molecule has 1 saturated carbocycles. The lowest BCUT2D eigenvalue weighted by molar-refractivity contribution is -0.152. The van der Waals surface area contributed by atoms with Crippen molar-refractivity contribution in [3.63, 3.8) is 0 Å². The zero-order chi connectivity index (χ0) is 14.0. The Bertz CT molecular complexity index is 311. The number of morpholine rings is 1. The van der Waals surface area contributed by atoms with Crippen molar-refractivity contribution in [3.8, 4) is 0 Å². The molecule has 4 nitrogen and oxygen atoms in total. The minimum atomic E-state index is -0.0103. The topological polar surface area (TPSA) is 41.9 Å². The highest BCUT2D eigenvalue weighted by atomic mass is 16.5. The second kappa shape index (κ2) is 6.30. The van der Waals surface area contributed by atoms with E-state index in [1.165, 1.54) is 38.5 Å². The molecule has 0 aromatic heterocycles. The first-order valence-corrected chi connectivity index (χ1v) is 8.35. The molecule has 2 saturated heterocycles. The maximum atomic E-state index is 9.39. The average Bonchev–Trinajstić information content (AvgIpc) is 2.47. The van der Waals surface area contributed by atoms with Crippen LogP contribution in [0.3, 0.4) is 0 Å². The molecule has 0 radical (unpaired) electrons. The highest BCUT2D eigenvalue weighted by molar-refractivity contribution is 4.94. The van der Waals surface area contributed by atoms with Crippen molar-refractivity contribution in [2.75, 3.05) is 26.3 Å². The Kier molecular flexibility index (Phi) is 4.65. The summed E-state index contributed by atoms with van der Waals surface area (Å²) >= 11 is 0. The summed E-state index contributed by atoms with van der Waals surface area (Å²) < 4.78 is 12.0. The van der Waals surface area contributed by atoms with Gasteiger partial charge in [-0.15, -0.1) is 0 Å². The number of ether oxygens (including phenoxy) is 2. The fourth-order valence-corrected chi connectivity index (χ4v) is 4.34. The first-order valence-electron chi connectivity index (χ1n) is 8.35. The molecule has 1 N–H and O–H groups in total. The molecule has 3 rings (SSSR count). The van der Waals surface area contributed by atoms with Crippen LogP contribution in [0.2, 0.25) is 0 Å². The van der Waals surface area contributed by atoms with Gasteiger partial charge in [-0.25, -0.2) is 0 Å². The monoisotopic (exact) mass is 283 g/mol. The number of hydrogen-bond acceptors (Lipinski definition) is 4. The van der Waals surface area contributed by atoms with E-state index in [1.807, 2.05) is 0 Å². The molecular weight excluding hydrogens is 254 g/mol. The van der Waals surface area contributed by atoms with Gasteiger partial charge in [0, 0.05) is 25.7 Å². The number of nitrogens with zero attached hydrogens (tertiary/aromatic N) is 1. The largest absolute Gasteiger partial charge is 0.394 e. The van der Waals surface area contributed by atoms with Gasteiger partial charge >= 0.3 is 0 Å². The van der Waals surface area contributed by atoms with Crippen molar-refractivity contribution in [2.45, 2.75) is 75.7 Å². The van der Waals surface area contributed by atoms with E-state index in [9.17, 15) is 5.11 Å². The number of hydrogen-bond donors (Lipinski definition) is 1. The summed E-state index contributed by atoms with van der Waals surface area (Å²) in [7, 11) is 0. The van der Waals surface area contributed by atoms with Crippen molar-refractivity contribution < 1.29 is 14.6 Å². The third-order valence-corrected chi connectivity index (χ3v) is 5.31. The average molecular weight is 283 g/mol. The van der Waals surface area contributed by atoms with E-state index in [2.05, 4.69) is 11.8 Å². The van der Waals surface area contributed by atoms with Crippen LogP contribution in [0.15, 0.2) is 0 Å². The van der Waals surface area contributed by atoms with Crippen molar-refractivity contribution in [1.29, 1.82) is 0 Å². The Balaban J connectivity index is 1.63.